The number of esters is 1. The number of anilines is 1. The summed E-state index contributed by atoms with van der Waals surface area (Å²) in [5, 5.41) is 0. The molecule has 2 aromatic carbocycles. The van der Waals surface area contributed by atoms with Crippen LogP contribution in [0.5, 0.6) is 5.75 Å². The molecule has 1 aliphatic heterocycles. The molecule has 0 aromatic heterocycles. The molecule has 1 N–H and O–H groups in total. The van der Waals surface area contributed by atoms with Gasteiger partial charge in [-0.3, -0.25) is 4.79 Å². The number of benzene rings is 2. The summed E-state index contributed by atoms with van der Waals surface area (Å²) in [5.74, 6) is -1.07. The lowest BCUT2D eigenvalue weighted by atomic mass is 9.74. The number of aryl methyl sites for hydroxylation is 1. The first-order valence-corrected chi connectivity index (χ1v) is 10.8. The number of nitrogens with zero attached hydrogens (tertiary/aromatic N) is 1. The Bertz CT molecular complexity index is 1090. The SMILES string of the molecule is CC1(C)CCc2cc(OC(=O)c3ccccc3)c(N3CC(=O)NS3(=O)=O)cc2C1. The summed E-state index contributed by atoms with van der Waals surface area (Å²) in [4.78, 5) is 24.4. The summed E-state index contributed by atoms with van der Waals surface area (Å²) in [5.41, 5.74) is 2.68. The van der Waals surface area contributed by atoms with E-state index in [4.69, 9.17) is 4.74 Å². The van der Waals surface area contributed by atoms with E-state index in [0.29, 0.717) is 5.56 Å². The Morgan fingerprint density at radius 1 is 1.14 bits per heavy atom. The van der Waals surface area contributed by atoms with Gasteiger partial charge in [-0.1, -0.05) is 32.0 Å². The van der Waals surface area contributed by atoms with E-state index >= 15 is 0 Å². The predicted octanol–water partition coefficient (Wildman–Crippen LogP) is 2.60. The van der Waals surface area contributed by atoms with Crippen molar-refractivity contribution in [2.45, 2.75) is 33.1 Å². The van der Waals surface area contributed by atoms with Gasteiger partial charge in [0.05, 0.1) is 11.3 Å². The summed E-state index contributed by atoms with van der Waals surface area (Å²) in [7, 11) is -4.03. The fourth-order valence-electron chi connectivity index (χ4n) is 3.80. The number of fused-ring (bicyclic) bond motifs is 1. The Labute approximate surface area is 169 Å². The van der Waals surface area contributed by atoms with E-state index in [1.165, 1.54) is 0 Å². The highest BCUT2D eigenvalue weighted by Gasteiger charge is 2.37. The van der Waals surface area contributed by atoms with Crippen LogP contribution < -0.4 is 13.8 Å². The number of amides is 1. The summed E-state index contributed by atoms with van der Waals surface area (Å²) >= 11 is 0. The molecule has 0 saturated carbocycles. The lowest BCUT2D eigenvalue weighted by Crippen LogP contribution is -2.31. The first kappa shape index (κ1) is 19.4. The molecule has 2 aliphatic rings. The molecular formula is C21H22N2O5S. The maximum Gasteiger partial charge on any atom is 0.343 e. The van der Waals surface area contributed by atoms with Crippen LogP contribution in [0.15, 0.2) is 42.5 Å². The third-order valence-electron chi connectivity index (χ3n) is 5.32. The first-order valence-electron chi connectivity index (χ1n) is 9.41. The second kappa shape index (κ2) is 6.88. The van der Waals surface area contributed by atoms with Gasteiger partial charge in [-0.15, -0.1) is 0 Å². The normalized spacial score (nSPS) is 19.4. The van der Waals surface area contributed by atoms with Gasteiger partial charge < -0.3 is 4.74 Å². The van der Waals surface area contributed by atoms with Crippen molar-refractivity contribution in [2.24, 2.45) is 5.41 Å². The standard InChI is InChI=1S/C21H22N2O5S/c1-21(2)9-8-15-11-18(28-20(25)14-6-4-3-5-7-14)17(10-16(15)12-21)23-13-19(24)22-29(23,26)27/h3-7,10-11H,8-9,12-13H2,1-2H3,(H,22,24). The Hall–Kier alpha value is -2.87. The van der Waals surface area contributed by atoms with Crippen LogP contribution in [0, 0.1) is 5.41 Å². The van der Waals surface area contributed by atoms with E-state index in [1.807, 2.05) is 4.72 Å². The largest absolute Gasteiger partial charge is 0.421 e. The highest BCUT2D eigenvalue weighted by molar-refractivity contribution is 7.92. The molecule has 0 bridgehead atoms. The highest BCUT2D eigenvalue weighted by atomic mass is 32.2. The highest BCUT2D eigenvalue weighted by Crippen LogP contribution is 2.41. The van der Waals surface area contributed by atoms with Crippen molar-refractivity contribution >= 4 is 27.8 Å². The van der Waals surface area contributed by atoms with Gasteiger partial charge in [0.2, 0.25) is 0 Å². The third-order valence-corrected chi connectivity index (χ3v) is 6.71. The van der Waals surface area contributed by atoms with Gasteiger partial charge in [-0.2, -0.15) is 8.42 Å². The summed E-state index contributed by atoms with van der Waals surface area (Å²) in [6.45, 7) is 3.98. The van der Waals surface area contributed by atoms with Crippen LogP contribution in [0.25, 0.3) is 0 Å². The average molecular weight is 414 g/mol. The monoisotopic (exact) mass is 414 g/mol. The number of hydrogen-bond acceptors (Lipinski definition) is 5. The number of ether oxygens (including phenoxy) is 1. The van der Waals surface area contributed by atoms with Gasteiger partial charge in [-0.25, -0.2) is 13.8 Å². The molecular weight excluding hydrogens is 392 g/mol. The quantitative estimate of drug-likeness (QED) is 0.616. The maximum absolute atomic E-state index is 12.6. The zero-order valence-electron chi connectivity index (χ0n) is 16.3. The molecule has 8 heteroatoms. The molecule has 1 amide bonds. The minimum Gasteiger partial charge on any atom is -0.421 e. The van der Waals surface area contributed by atoms with Crippen molar-refractivity contribution in [3.63, 3.8) is 0 Å². The predicted molar refractivity (Wildman–Crippen MR) is 108 cm³/mol. The molecule has 0 radical (unpaired) electrons. The number of nitrogens with one attached hydrogen (secondary N) is 1. The fraction of sp³-hybridized carbons (Fsp3) is 0.333. The Balaban J connectivity index is 1.79. The van der Waals surface area contributed by atoms with Crippen LogP contribution in [0.2, 0.25) is 0 Å². The van der Waals surface area contributed by atoms with Gasteiger partial charge in [-0.05, 0) is 60.1 Å². The van der Waals surface area contributed by atoms with Crippen molar-refractivity contribution in [1.82, 2.24) is 4.72 Å². The van der Waals surface area contributed by atoms with Crippen LogP contribution in [-0.2, 0) is 27.8 Å². The van der Waals surface area contributed by atoms with E-state index < -0.39 is 22.1 Å². The Kier molecular flexibility index (Phi) is 4.61. The summed E-state index contributed by atoms with van der Waals surface area (Å²) in [6.07, 6.45) is 2.56. The van der Waals surface area contributed by atoms with E-state index in [1.54, 1.807) is 42.5 Å². The minimum atomic E-state index is -4.03. The second-order valence-corrected chi connectivity index (χ2v) is 9.82. The van der Waals surface area contributed by atoms with Gasteiger partial charge in [0.15, 0.2) is 5.75 Å². The Morgan fingerprint density at radius 3 is 2.52 bits per heavy atom. The van der Waals surface area contributed by atoms with Crippen molar-refractivity contribution in [3.8, 4) is 5.75 Å². The molecule has 0 unspecified atom stereocenters. The molecule has 29 heavy (non-hydrogen) atoms. The molecule has 1 aliphatic carbocycles. The van der Waals surface area contributed by atoms with Crippen LogP contribution >= 0.6 is 0 Å². The van der Waals surface area contributed by atoms with E-state index in [9.17, 15) is 18.0 Å². The van der Waals surface area contributed by atoms with Crippen molar-refractivity contribution < 1.29 is 22.7 Å². The first-order chi connectivity index (χ1) is 13.6. The molecule has 2 aromatic rings. The van der Waals surface area contributed by atoms with E-state index in [0.717, 1.165) is 34.7 Å². The Morgan fingerprint density at radius 2 is 1.86 bits per heavy atom. The lowest BCUT2D eigenvalue weighted by Gasteiger charge is -2.32. The van der Waals surface area contributed by atoms with Gasteiger partial charge in [0, 0.05) is 0 Å². The average Bonchev–Trinajstić information content (AvgIpc) is 2.93. The van der Waals surface area contributed by atoms with Crippen LogP contribution in [0.1, 0.15) is 41.8 Å². The molecule has 0 spiro atoms. The molecule has 0 atom stereocenters. The minimum absolute atomic E-state index is 0.0878. The van der Waals surface area contributed by atoms with Crippen LogP contribution in [0.3, 0.4) is 0 Å². The molecule has 4 rings (SSSR count). The topological polar surface area (TPSA) is 92.8 Å². The van der Waals surface area contributed by atoms with Gasteiger partial charge >= 0.3 is 16.2 Å². The number of hydrogen-bond donors (Lipinski definition) is 1. The molecule has 1 heterocycles. The number of carbonyl (C=O) groups excluding carboxylic acids is 2. The lowest BCUT2D eigenvalue weighted by molar-refractivity contribution is -0.117. The van der Waals surface area contributed by atoms with Gasteiger partial charge in [0.25, 0.3) is 5.91 Å². The molecule has 7 nitrogen and oxygen atoms in total. The summed E-state index contributed by atoms with van der Waals surface area (Å²) in [6, 6.07) is 12.0. The third kappa shape index (κ3) is 3.85. The maximum atomic E-state index is 12.6. The second-order valence-electron chi connectivity index (χ2n) is 8.22. The van der Waals surface area contributed by atoms with Crippen molar-refractivity contribution in [2.75, 3.05) is 10.8 Å². The molecule has 1 fully saturated rings. The summed E-state index contributed by atoms with van der Waals surface area (Å²) < 4.78 is 33.4. The molecule has 152 valence electrons. The zero-order valence-corrected chi connectivity index (χ0v) is 17.1. The van der Waals surface area contributed by atoms with Crippen LogP contribution in [0.4, 0.5) is 5.69 Å². The van der Waals surface area contributed by atoms with Crippen LogP contribution in [-0.4, -0.2) is 26.8 Å². The molecule has 1 saturated heterocycles. The number of rotatable bonds is 3. The zero-order chi connectivity index (χ0) is 20.8. The fourth-order valence-corrected chi connectivity index (χ4v) is 4.95. The van der Waals surface area contributed by atoms with E-state index in [-0.39, 0.29) is 23.4 Å². The van der Waals surface area contributed by atoms with Crippen molar-refractivity contribution in [1.29, 1.82) is 0 Å². The smallest absolute Gasteiger partial charge is 0.343 e. The van der Waals surface area contributed by atoms with E-state index in [2.05, 4.69) is 13.8 Å². The number of carbonyl (C=O) groups is 2. The van der Waals surface area contributed by atoms with Gasteiger partial charge in [0.1, 0.15) is 6.54 Å². The van der Waals surface area contributed by atoms with Crippen molar-refractivity contribution in [3.05, 3.63) is 59.2 Å².